The zero-order chi connectivity index (χ0) is 15.9. The Labute approximate surface area is 138 Å². The summed E-state index contributed by atoms with van der Waals surface area (Å²) in [5, 5.41) is 9.31. The van der Waals surface area contributed by atoms with Crippen molar-refractivity contribution in [1.29, 1.82) is 0 Å². The lowest BCUT2D eigenvalue weighted by atomic mass is 10.0. The van der Waals surface area contributed by atoms with E-state index in [-0.39, 0.29) is 0 Å². The molecule has 1 nitrogen and oxygen atoms in total. The summed E-state index contributed by atoms with van der Waals surface area (Å²) in [5.74, 6) is 0.330. The number of phenols is 1. The molecule has 23 heavy (non-hydrogen) atoms. The molecule has 1 heteroatoms. The molecular formula is C22H22O. The summed E-state index contributed by atoms with van der Waals surface area (Å²) in [4.78, 5) is 0. The number of phenolic OH excluding ortho intramolecular Hbond substituents is 1. The molecule has 0 saturated heterocycles. The molecule has 0 heterocycles. The highest BCUT2D eigenvalue weighted by Crippen LogP contribution is 2.14. The van der Waals surface area contributed by atoms with Crippen LogP contribution in [0.4, 0.5) is 0 Å². The van der Waals surface area contributed by atoms with Crippen LogP contribution < -0.4 is 0 Å². The molecule has 0 atom stereocenters. The first-order chi connectivity index (χ1) is 11.3. The van der Waals surface area contributed by atoms with Crippen LogP contribution in [0.3, 0.4) is 0 Å². The van der Waals surface area contributed by atoms with E-state index in [4.69, 9.17) is 0 Å². The Bertz CT molecular complexity index is 712. The molecule has 0 unspecified atom stereocenters. The lowest BCUT2D eigenvalue weighted by Gasteiger charge is -2.05. The molecule has 3 aromatic rings. The smallest absolute Gasteiger partial charge is 0.115 e. The van der Waals surface area contributed by atoms with Crippen molar-refractivity contribution in [2.24, 2.45) is 0 Å². The van der Waals surface area contributed by atoms with Gasteiger partial charge in [-0.05, 0) is 60.1 Å². The summed E-state index contributed by atoms with van der Waals surface area (Å²) in [6, 6.07) is 27.1. The first-order valence-electron chi connectivity index (χ1n) is 8.19. The third kappa shape index (κ3) is 4.72. The van der Waals surface area contributed by atoms with Crippen molar-refractivity contribution in [2.75, 3.05) is 0 Å². The molecule has 3 aromatic carbocycles. The van der Waals surface area contributed by atoms with Gasteiger partial charge in [-0.25, -0.2) is 0 Å². The lowest BCUT2D eigenvalue weighted by Crippen LogP contribution is -1.94. The van der Waals surface area contributed by atoms with Gasteiger partial charge in [0.25, 0.3) is 0 Å². The number of rotatable bonds is 6. The largest absolute Gasteiger partial charge is 0.508 e. The molecule has 0 aliphatic heterocycles. The Morgan fingerprint density at radius 2 is 0.783 bits per heavy atom. The van der Waals surface area contributed by atoms with E-state index in [0.717, 1.165) is 25.7 Å². The van der Waals surface area contributed by atoms with Crippen molar-refractivity contribution in [2.45, 2.75) is 25.7 Å². The summed E-state index contributed by atoms with van der Waals surface area (Å²) in [6.07, 6.45) is 4.21. The Morgan fingerprint density at radius 3 is 1.22 bits per heavy atom. The minimum Gasteiger partial charge on any atom is -0.508 e. The molecule has 0 radical (unpaired) electrons. The average Bonchev–Trinajstić information content (AvgIpc) is 2.61. The SMILES string of the molecule is Oc1ccc(CCc2ccc(CCc3ccccc3)cc2)cc1. The van der Waals surface area contributed by atoms with Crippen LogP contribution in [-0.4, -0.2) is 5.11 Å². The third-order valence-electron chi connectivity index (χ3n) is 4.21. The van der Waals surface area contributed by atoms with Crippen LogP contribution >= 0.6 is 0 Å². The van der Waals surface area contributed by atoms with Gasteiger partial charge in [0, 0.05) is 0 Å². The number of benzene rings is 3. The lowest BCUT2D eigenvalue weighted by molar-refractivity contribution is 0.475. The van der Waals surface area contributed by atoms with E-state index in [0.29, 0.717) is 5.75 Å². The monoisotopic (exact) mass is 302 g/mol. The average molecular weight is 302 g/mol. The molecule has 0 aliphatic rings. The fourth-order valence-electron chi connectivity index (χ4n) is 2.76. The molecule has 0 aromatic heterocycles. The molecule has 0 saturated carbocycles. The van der Waals surface area contributed by atoms with E-state index in [9.17, 15) is 5.11 Å². The van der Waals surface area contributed by atoms with E-state index in [1.807, 2.05) is 12.1 Å². The second-order valence-corrected chi connectivity index (χ2v) is 5.97. The second-order valence-electron chi connectivity index (χ2n) is 5.97. The van der Waals surface area contributed by atoms with Crippen LogP contribution in [0, 0.1) is 0 Å². The van der Waals surface area contributed by atoms with Crippen LogP contribution in [0.1, 0.15) is 22.3 Å². The summed E-state index contributed by atoms with van der Waals surface area (Å²) in [7, 11) is 0. The minimum atomic E-state index is 0.330. The van der Waals surface area contributed by atoms with Crippen LogP contribution in [0.15, 0.2) is 78.9 Å². The molecule has 1 N–H and O–H groups in total. The van der Waals surface area contributed by atoms with Crippen molar-refractivity contribution >= 4 is 0 Å². The van der Waals surface area contributed by atoms with Gasteiger partial charge in [0.05, 0.1) is 0 Å². The maximum absolute atomic E-state index is 9.31. The molecule has 0 aliphatic carbocycles. The fourth-order valence-corrected chi connectivity index (χ4v) is 2.76. The van der Waals surface area contributed by atoms with E-state index in [1.165, 1.54) is 22.3 Å². The van der Waals surface area contributed by atoms with Gasteiger partial charge in [0.1, 0.15) is 5.75 Å². The summed E-state index contributed by atoms with van der Waals surface area (Å²) in [6.45, 7) is 0. The van der Waals surface area contributed by atoms with Gasteiger partial charge in [0.15, 0.2) is 0 Å². The highest BCUT2D eigenvalue weighted by molar-refractivity contribution is 5.28. The minimum absolute atomic E-state index is 0.330. The molecule has 0 bridgehead atoms. The maximum atomic E-state index is 9.31. The summed E-state index contributed by atoms with van der Waals surface area (Å²) >= 11 is 0. The Morgan fingerprint density at radius 1 is 0.435 bits per heavy atom. The van der Waals surface area contributed by atoms with Crippen LogP contribution in [0.25, 0.3) is 0 Å². The zero-order valence-corrected chi connectivity index (χ0v) is 13.3. The maximum Gasteiger partial charge on any atom is 0.115 e. The summed E-state index contributed by atoms with van der Waals surface area (Å²) < 4.78 is 0. The number of hydrogen-bond acceptors (Lipinski definition) is 1. The van der Waals surface area contributed by atoms with Gasteiger partial charge < -0.3 is 5.11 Å². The number of hydrogen-bond donors (Lipinski definition) is 1. The van der Waals surface area contributed by atoms with E-state index >= 15 is 0 Å². The van der Waals surface area contributed by atoms with Crippen molar-refractivity contribution in [1.82, 2.24) is 0 Å². The number of aryl methyl sites for hydroxylation is 4. The molecule has 0 fully saturated rings. The van der Waals surface area contributed by atoms with Crippen LogP contribution in [0.5, 0.6) is 5.75 Å². The second kappa shape index (κ2) is 7.64. The fraction of sp³-hybridized carbons (Fsp3) is 0.182. The Balaban J connectivity index is 1.51. The predicted molar refractivity (Wildman–Crippen MR) is 95.8 cm³/mol. The highest BCUT2D eigenvalue weighted by atomic mass is 16.3. The topological polar surface area (TPSA) is 20.2 Å². The number of aromatic hydroxyl groups is 1. The highest BCUT2D eigenvalue weighted by Gasteiger charge is 1.99. The molecule has 0 spiro atoms. The van der Waals surface area contributed by atoms with Crippen molar-refractivity contribution in [3.63, 3.8) is 0 Å². The first kappa shape index (κ1) is 15.4. The molecule has 116 valence electrons. The first-order valence-corrected chi connectivity index (χ1v) is 8.19. The van der Waals surface area contributed by atoms with Gasteiger partial charge in [0.2, 0.25) is 0 Å². The van der Waals surface area contributed by atoms with Crippen molar-refractivity contribution < 1.29 is 5.11 Å². The molecule has 3 rings (SSSR count). The molecular weight excluding hydrogens is 280 g/mol. The predicted octanol–water partition coefficient (Wildman–Crippen LogP) is 4.96. The van der Waals surface area contributed by atoms with Gasteiger partial charge in [-0.3, -0.25) is 0 Å². The van der Waals surface area contributed by atoms with Gasteiger partial charge in [-0.15, -0.1) is 0 Å². The van der Waals surface area contributed by atoms with E-state index < -0.39 is 0 Å². The van der Waals surface area contributed by atoms with Crippen molar-refractivity contribution in [3.8, 4) is 5.75 Å². The third-order valence-corrected chi connectivity index (χ3v) is 4.21. The van der Waals surface area contributed by atoms with Crippen molar-refractivity contribution in [3.05, 3.63) is 101 Å². The van der Waals surface area contributed by atoms with E-state index in [1.54, 1.807) is 12.1 Å². The normalized spacial score (nSPS) is 10.6. The van der Waals surface area contributed by atoms with Gasteiger partial charge >= 0.3 is 0 Å². The summed E-state index contributed by atoms with van der Waals surface area (Å²) in [5.41, 5.74) is 5.41. The van der Waals surface area contributed by atoms with Gasteiger partial charge in [-0.2, -0.15) is 0 Å². The standard InChI is InChI=1S/C22H22O/c23-22-16-14-21(15-17-22)13-12-20-10-8-19(9-11-20)7-6-18-4-2-1-3-5-18/h1-5,8-11,14-17,23H,6-7,12-13H2. The quantitative estimate of drug-likeness (QED) is 0.682. The zero-order valence-electron chi connectivity index (χ0n) is 13.3. The Kier molecular flexibility index (Phi) is 5.10. The van der Waals surface area contributed by atoms with E-state index in [2.05, 4.69) is 54.6 Å². The van der Waals surface area contributed by atoms with Crippen LogP contribution in [0.2, 0.25) is 0 Å². The molecule has 0 amide bonds. The Hall–Kier alpha value is -2.54. The van der Waals surface area contributed by atoms with Gasteiger partial charge in [-0.1, -0.05) is 66.7 Å². The van der Waals surface area contributed by atoms with Crippen LogP contribution in [-0.2, 0) is 25.7 Å².